The van der Waals surface area contributed by atoms with Crippen molar-refractivity contribution in [2.75, 3.05) is 45.1 Å². The molecule has 0 unspecified atom stereocenters. The smallest absolute Gasteiger partial charge is 0.0337 e. The normalized spacial score (nSPS) is 17.3. The maximum absolute atomic E-state index is 3.38. The topological polar surface area (TPSA) is 27.3 Å². The van der Waals surface area contributed by atoms with Gasteiger partial charge in [-0.3, -0.25) is 0 Å². The second-order valence-corrected chi connectivity index (χ2v) is 4.29. The van der Waals surface area contributed by atoms with Crippen LogP contribution in [0.3, 0.4) is 0 Å². The van der Waals surface area contributed by atoms with Crippen molar-refractivity contribution in [3.8, 4) is 0 Å². The maximum Gasteiger partial charge on any atom is 0.0337 e. The molecule has 0 spiro atoms. The first kappa shape index (κ1) is 11.4. The van der Waals surface area contributed by atoms with Gasteiger partial charge in [-0.15, -0.1) is 0 Å². The molecule has 0 aromatic heterocycles. The van der Waals surface area contributed by atoms with E-state index in [9.17, 15) is 0 Å². The molecule has 2 rings (SSSR count). The summed E-state index contributed by atoms with van der Waals surface area (Å²) < 4.78 is 0. The Morgan fingerprint density at radius 3 is 2.50 bits per heavy atom. The van der Waals surface area contributed by atoms with Crippen molar-refractivity contribution in [1.29, 1.82) is 0 Å². The number of nitrogens with zero attached hydrogens (tertiary/aromatic N) is 1. The van der Waals surface area contributed by atoms with E-state index in [4.69, 9.17) is 0 Å². The minimum atomic E-state index is 1.14. The standard InChI is InChI=1S/C13H21N3/c1-14-13-4-2-12(3-5-13)6-9-16-10-7-15-8-11-16/h2-5,14-15H,6-11H2,1H3. The number of hydrogen-bond donors (Lipinski definition) is 2. The molecule has 0 amide bonds. The van der Waals surface area contributed by atoms with Gasteiger partial charge < -0.3 is 15.5 Å². The number of piperazine rings is 1. The summed E-state index contributed by atoms with van der Waals surface area (Å²) in [5.74, 6) is 0. The zero-order valence-electron chi connectivity index (χ0n) is 10.00. The highest BCUT2D eigenvalue weighted by Crippen LogP contribution is 2.09. The molecule has 3 heteroatoms. The number of rotatable bonds is 4. The summed E-state index contributed by atoms with van der Waals surface area (Å²) in [6.07, 6.45) is 1.16. The zero-order valence-corrected chi connectivity index (χ0v) is 10.00. The van der Waals surface area contributed by atoms with Crippen LogP contribution in [-0.2, 0) is 6.42 Å². The Kier molecular flexibility index (Phi) is 4.19. The Morgan fingerprint density at radius 2 is 1.88 bits per heavy atom. The zero-order chi connectivity index (χ0) is 11.2. The molecule has 1 aromatic carbocycles. The van der Waals surface area contributed by atoms with Crippen LogP contribution in [0.1, 0.15) is 5.56 Å². The van der Waals surface area contributed by atoms with Gasteiger partial charge in [0.15, 0.2) is 0 Å². The first-order chi connectivity index (χ1) is 7.88. The van der Waals surface area contributed by atoms with E-state index in [0.29, 0.717) is 0 Å². The summed E-state index contributed by atoms with van der Waals surface area (Å²) in [4.78, 5) is 2.53. The third kappa shape index (κ3) is 3.22. The van der Waals surface area contributed by atoms with E-state index < -0.39 is 0 Å². The second kappa shape index (κ2) is 5.87. The second-order valence-electron chi connectivity index (χ2n) is 4.29. The van der Waals surface area contributed by atoms with E-state index in [1.165, 1.54) is 30.9 Å². The highest BCUT2D eigenvalue weighted by Gasteiger charge is 2.08. The molecule has 0 saturated carbocycles. The number of anilines is 1. The van der Waals surface area contributed by atoms with E-state index in [1.807, 2.05) is 7.05 Å². The third-order valence-corrected chi connectivity index (χ3v) is 3.17. The van der Waals surface area contributed by atoms with Crippen molar-refractivity contribution in [2.45, 2.75) is 6.42 Å². The average molecular weight is 219 g/mol. The Hall–Kier alpha value is -1.06. The van der Waals surface area contributed by atoms with Crippen LogP contribution in [0.15, 0.2) is 24.3 Å². The highest BCUT2D eigenvalue weighted by molar-refractivity contribution is 5.43. The van der Waals surface area contributed by atoms with Gasteiger partial charge in [0.1, 0.15) is 0 Å². The molecular weight excluding hydrogens is 198 g/mol. The molecule has 16 heavy (non-hydrogen) atoms. The highest BCUT2D eigenvalue weighted by atomic mass is 15.2. The molecule has 1 aliphatic rings. The van der Waals surface area contributed by atoms with Gasteiger partial charge >= 0.3 is 0 Å². The van der Waals surface area contributed by atoms with Gasteiger partial charge in [0, 0.05) is 45.5 Å². The van der Waals surface area contributed by atoms with Gasteiger partial charge in [-0.25, -0.2) is 0 Å². The Balaban J connectivity index is 1.79. The fourth-order valence-electron chi connectivity index (χ4n) is 2.06. The summed E-state index contributed by atoms with van der Waals surface area (Å²) in [6, 6.07) is 8.72. The molecule has 1 heterocycles. The van der Waals surface area contributed by atoms with Gasteiger partial charge in [-0.05, 0) is 24.1 Å². The molecule has 0 aliphatic carbocycles. The fraction of sp³-hybridized carbons (Fsp3) is 0.538. The Labute approximate surface area is 97.8 Å². The predicted octanol–water partition coefficient (Wildman–Crippen LogP) is 1.18. The van der Waals surface area contributed by atoms with Gasteiger partial charge in [0.2, 0.25) is 0 Å². The third-order valence-electron chi connectivity index (χ3n) is 3.17. The summed E-state index contributed by atoms with van der Waals surface area (Å²) in [6.45, 7) is 5.83. The molecular formula is C13H21N3. The van der Waals surface area contributed by atoms with E-state index in [2.05, 4.69) is 39.8 Å². The van der Waals surface area contributed by atoms with Crippen LogP contribution in [0, 0.1) is 0 Å². The predicted molar refractivity (Wildman–Crippen MR) is 69.0 cm³/mol. The molecule has 0 radical (unpaired) electrons. The molecule has 0 atom stereocenters. The van der Waals surface area contributed by atoms with Crippen molar-refractivity contribution >= 4 is 5.69 Å². The van der Waals surface area contributed by atoms with Crippen molar-refractivity contribution in [3.63, 3.8) is 0 Å². The first-order valence-corrected chi connectivity index (χ1v) is 6.08. The van der Waals surface area contributed by atoms with Crippen LogP contribution < -0.4 is 10.6 Å². The summed E-state index contributed by atoms with van der Waals surface area (Å²) >= 11 is 0. The maximum atomic E-state index is 3.38. The van der Waals surface area contributed by atoms with Gasteiger partial charge in [0.25, 0.3) is 0 Å². The van der Waals surface area contributed by atoms with E-state index >= 15 is 0 Å². The minimum absolute atomic E-state index is 1.14. The molecule has 1 aromatic rings. The Morgan fingerprint density at radius 1 is 1.19 bits per heavy atom. The Bertz CT molecular complexity index is 301. The molecule has 88 valence electrons. The molecule has 0 bridgehead atoms. The minimum Gasteiger partial charge on any atom is -0.388 e. The van der Waals surface area contributed by atoms with Gasteiger partial charge in [0.05, 0.1) is 0 Å². The van der Waals surface area contributed by atoms with Crippen LogP contribution in [0.5, 0.6) is 0 Å². The van der Waals surface area contributed by atoms with Gasteiger partial charge in [-0.2, -0.15) is 0 Å². The average Bonchev–Trinajstić information content (AvgIpc) is 2.38. The van der Waals surface area contributed by atoms with Gasteiger partial charge in [-0.1, -0.05) is 12.1 Å². The largest absolute Gasteiger partial charge is 0.388 e. The van der Waals surface area contributed by atoms with E-state index in [1.54, 1.807) is 0 Å². The van der Waals surface area contributed by atoms with Crippen LogP contribution in [0.4, 0.5) is 5.69 Å². The van der Waals surface area contributed by atoms with Crippen molar-refractivity contribution in [1.82, 2.24) is 10.2 Å². The van der Waals surface area contributed by atoms with E-state index in [0.717, 1.165) is 19.5 Å². The SMILES string of the molecule is CNc1ccc(CCN2CCNCC2)cc1. The van der Waals surface area contributed by atoms with Crippen molar-refractivity contribution in [3.05, 3.63) is 29.8 Å². The van der Waals surface area contributed by atoms with E-state index in [-0.39, 0.29) is 0 Å². The van der Waals surface area contributed by atoms with Crippen LogP contribution in [-0.4, -0.2) is 44.7 Å². The van der Waals surface area contributed by atoms with Crippen LogP contribution in [0.2, 0.25) is 0 Å². The lowest BCUT2D eigenvalue weighted by Gasteiger charge is -2.27. The lowest BCUT2D eigenvalue weighted by Crippen LogP contribution is -2.44. The summed E-state index contributed by atoms with van der Waals surface area (Å²) in [7, 11) is 1.95. The number of hydrogen-bond acceptors (Lipinski definition) is 3. The molecule has 3 nitrogen and oxygen atoms in total. The number of benzene rings is 1. The molecule has 2 N–H and O–H groups in total. The fourth-order valence-corrected chi connectivity index (χ4v) is 2.06. The van der Waals surface area contributed by atoms with Crippen LogP contribution in [0.25, 0.3) is 0 Å². The molecule has 1 aliphatic heterocycles. The van der Waals surface area contributed by atoms with Crippen molar-refractivity contribution in [2.24, 2.45) is 0 Å². The quantitative estimate of drug-likeness (QED) is 0.796. The van der Waals surface area contributed by atoms with Crippen LogP contribution >= 0.6 is 0 Å². The van der Waals surface area contributed by atoms with Crippen molar-refractivity contribution < 1.29 is 0 Å². The first-order valence-electron chi connectivity index (χ1n) is 6.08. The molecule has 1 fully saturated rings. The number of nitrogens with one attached hydrogen (secondary N) is 2. The lowest BCUT2D eigenvalue weighted by molar-refractivity contribution is 0.244. The lowest BCUT2D eigenvalue weighted by atomic mass is 10.1. The molecule has 1 saturated heterocycles. The monoisotopic (exact) mass is 219 g/mol. The summed E-state index contributed by atoms with van der Waals surface area (Å²) in [5.41, 5.74) is 2.61. The summed E-state index contributed by atoms with van der Waals surface area (Å²) in [5, 5.41) is 6.52.